The van der Waals surface area contributed by atoms with Gasteiger partial charge in [-0.3, -0.25) is 14.4 Å². The lowest BCUT2D eigenvalue weighted by Crippen LogP contribution is -2.21. The number of rotatable bonds is 21. The van der Waals surface area contributed by atoms with Crippen molar-refractivity contribution in [3.05, 3.63) is 105 Å². The summed E-state index contributed by atoms with van der Waals surface area (Å²) in [4.78, 5) is 58.9. The molecule has 11 nitrogen and oxygen atoms in total. The van der Waals surface area contributed by atoms with Crippen molar-refractivity contribution >= 4 is 86.5 Å². The van der Waals surface area contributed by atoms with Gasteiger partial charge in [0.25, 0.3) is 0 Å². The standard InChI is InChI=1S/C36H42N2O4.C14H8O2.C11H19NO2/c1-5-9-11-25(7-3)23-41-35(39)33(21-37)29-15-13-27-18-32-20-30(16-14-28(32)17-31(27)19-29)34(22-38)36(40)42-24-26(8-4)12-10-6-2;15-13-3-1-9-5-12-8-14(16)4-2-10(12)6-11(9)7-13;1-3-5-6-10(4-2)9-14-11(13)7-8-12/h13-20,25-26H,5-12,23-24H2,1-4H3;1-8H;10H,3-7,9H2,1-2H3/b33-29-,34-30-;;. The minimum Gasteiger partial charge on any atom is -0.465 e. The fourth-order valence-corrected chi connectivity index (χ4v) is 8.27. The lowest BCUT2D eigenvalue weighted by molar-refractivity contribution is -0.144. The monoisotopic (exact) mass is 972 g/mol. The Bertz CT molecular complexity index is 2850. The van der Waals surface area contributed by atoms with Gasteiger partial charge in [-0.15, -0.1) is 0 Å². The Balaban J connectivity index is 0.000000302. The molecule has 0 fully saturated rings. The first-order valence-corrected chi connectivity index (χ1v) is 25.6. The second kappa shape index (κ2) is 30.3. The van der Waals surface area contributed by atoms with E-state index in [1.807, 2.05) is 60.7 Å². The Morgan fingerprint density at radius 3 is 1.24 bits per heavy atom. The van der Waals surface area contributed by atoms with Crippen molar-refractivity contribution < 1.29 is 38.2 Å². The number of ketones is 2. The Kier molecular flexibility index (Phi) is 24.1. The highest BCUT2D eigenvalue weighted by molar-refractivity contribution is 6.19. The molecule has 0 radical (unpaired) electrons. The molecule has 72 heavy (non-hydrogen) atoms. The molecular weight excluding hydrogens is 903 g/mol. The van der Waals surface area contributed by atoms with E-state index in [2.05, 4.69) is 41.5 Å². The summed E-state index contributed by atoms with van der Waals surface area (Å²) in [7, 11) is 0. The lowest BCUT2D eigenvalue weighted by Gasteiger charge is -2.14. The van der Waals surface area contributed by atoms with Crippen molar-refractivity contribution in [2.45, 2.75) is 125 Å². The molecule has 0 aliphatic heterocycles. The minimum absolute atomic E-state index is 0.00675. The first kappa shape index (κ1) is 57.2. The van der Waals surface area contributed by atoms with Crippen LogP contribution in [0.3, 0.4) is 0 Å². The van der Waals surface area contributed by atoms with Crippen LogP contribution >= 0.6 is 0 Å². The zero-order valence-corrected chi connectivity index (χ0v) is 42.9. The van der Waals surface area contributed by atoms with Crippen molar-refractivity contribution in [3.8, 4) is 18.2 Å². The molecule has 6 rings (SSSR count). The van der Waals surface area contributed by atoms with Crippen LogP contribution in [0.1, 0.15) is 136 Å². The van der Waals surface area contributed by atoms with Crippen LogP contribution in [0.2, 0.25) is 0 Å². The van der Waals surface area contributed by atoms with Gasteiger partial charge < -0.3 is 14.2 Å². The normalized spacial score (nSPS) is 14.0. The number of esters is 3. The predicted octanol–water partition coefficient (Wildman–Crippen LogP) is 9.96. The van der Waals surface area contributed by atoms with Crippen molar-refractivity contribution in [1.82, 2.24) is 0 Å². The molecule has 2 aliphatic carbocycles. The van der Waals surface area contributed by atoms with Gasteiger partial charge in [0, 0.05) is 10.4 Å². The quantitative estimate of drug-likeness (QED) is 0.0440. The SMILES string of the molecule is CCCCC(CC)COC(=O)/C(C#N)=c1/ccc2cc3c/c(=C(/C#N)C(=O)OCC(CC)CCCC)ccc3cc2c1.CCCCC(CC)COC(=O)CC#N.O=C1C=Cc2cc3c(cc2=C1)C=CC(=O)C=3. The second-order valence-corrected chi connectivity index (χ2v) is 18.3. The number of hydrogen-bond acceptors (Lipinski definition) is 11. The molecule has 3 unspecified atom stereocenters. The van der Waals surface area contributed by atoms with Crippen molar-refractivity contribution in [2.75, 3.05) is 19.8 Å². The van der Waals surface area contributed by atoms with E-state index in [1.54, 1.807) is 42.5 Å². The molecule has 2 aliphatic rings. The van der Waals surface area contributed by atoms with Crippen LogP contribution in [0.15, 0.2) is 72.8 Å². The highest BCUT2D eigenvalue weighted by Gasteiger charge is 2.18. The highest BCUT2D eigenvalue weighted by atomic mass is 16.5. The van der Waals surface area contributed by atoms with E-state index in [4.69, 9.17) is 19.5 Å². The maximum Gasteiger partial charge on any atom is 0.349 e. The van der Waals surface area contributed by atoms with Crippen LogP contribution in [-0.4, -0.2) is 49.3 Å². The van der Waals surface area contributed by atoms with Crippen LogP contribution in [0.5, 0.6) is 0 Å². The molecule has 0 aromatic heterocycles. The van der Waals surface area contributed by atoms with Crippen LogP contribution < -0.4 is 20.9 Å². The molecule has 0 spiro atoms. The van der Waals surface area contributed by atoms with Gasteiger partial charge in [-0.2, -0.15) is 15.8 Å². The average Bonchev–Trinajstić information content (AvgIpc) is 3.38. The minimum atomic E-state index is -0.598. The van der Waals surface area contributed by atoms with Gasteiger partial charge in [-0.05, 0) is 141 Å². The zero-order chi connectivity index (χ0) is 52.4. The third kappa shape index (κ3) is 17.5. The van der Waals surface area contributed by atoms with Crippen LogP contribution in [0, 0.1) is 51.7 Å². The number of fused-ring (bicyclic) bond motifs is 4. The first-order valence-electron chi connectivity index (χ1n) is 25.6. The molecule has 376 valence electrons. The van der Waals surface area contributed by atoms with E-state index in [9.17, 15) is 34.5 Å². The number of unbranched alkanes of at least 4 members (excludes halogenated alkanes) is 3. The number of carbonyl (C=O) groups excluding carboxylic acids is 5. The first-order chi connectivity index (χ1) is 34.8. The Morgan fingerprint density at radius 2 is 0.889 bits per heavy atom. The van der Waals surface area contributed by atoms with E-state index < -0.39 is 17.9 Å². The molecule has 4 aromatic carbocycles. The fourth-order valence-electron chi connectivity index (χ4n) is 8.27. The third-order valence-electron chi connectivity index (χ3n) is 13.0. The Hall–Kier alpha value is -7.42. The number of hydrogen-bond donors (Lipinski definition) is 0. The van der Waals surface area contributed by atoms with Crippen LogP contribution in [-0.2, 0) is 38.2 Å². The molecular formula is C61H69N3O8. The molecule has 0 amide bonds. The highest BCUT2D eigenvalue weighted by Crippen LogP contribution is 2.22. The van der Waals surface area contributed by atoms with Gasteiger partial charge in [0.15, 0.2) is 11.6 Å². The molecule has 0 bridgehead atoms. The topological polar surface area (TPSA) is 184 Å². The summed E-state index contributed by atoms with van der Waals surface area (Å²) in [5.74, 6) is -0.541. The largest absolute Gasteiger partial charge is 0.465 e. The predicted molar refractivity (Wildman–Crippen MR) is 284 cm³/mol. The molecule has 0 heterocycles. The summed E-state index contributed by atoms with van der Waals surface area (Å²) in [6.07, 6.45) is 22.4. The summed E-state index contributed by atoms with van der Waals surface area (Å²) in [5, 5.41) is 34.2. The summed E-state index contributed by atoms with van der Waals surface area (Å²) >= 11 is 0. The van der Waals surface area contributed by atoms with Gasteiger partial charge in [-0.1, -0.05) is 136 Å². The van der Waals surface area contributed by atoms with Crippen molar-refractivity contribution in [1.29, 1.82) is 15.8 Å². The van der Waals surface area contributed by atoms with Gasteiger partial charge in [0.1, 0.15) is 29.7 Å². The van der Waals surface area contributed by atoms with E-state index in [0.717, 1.165) is 107 Å². The number of allylic oxidation sites excluding steroid dienone is 2. The van der Waals surface area contributed by atoms with Gasteiger partial charge in [0.2, 0.25) is 0 Å². The maximum absolute atomic E-state index is 12.8. The molecule has 3 atom stereocenters. The van der Waals surface area contributed by atoms with Crippen LogP contribution in [0.4, 0.5) is 0 Å². The number of ether oxygens (including phenoxy) is 3. The maximum atomic E-state index is 12.8. The summed E-state index contributed by atoms with van der Waals surface area (Å²) in [6, 6.07) is 24.5. The van der Waals surface area contributed by atoms with Crippen molar-refractivity contribution in [3.63, 3.8) is 0 Å². The fraction of sp³-hybridized carbons (Fsp3) is 0.410. The number of carbonyl (C=O) groups is 5. The summed E-state index contributed by atoms with van der Waals surface area (Å²) < 4.78 is 16.0. The van der Waals surface area contributed by atoms with E-state index in [1.165, 1.54) is 25.0 Å². The van der Waals surface area contributed by atoms with Gasteiger partial charge >= 0.3 is 17.9 Å². The third-order valence-corrected chi connectivity index (χ3v) is 13.0. The molecule has 0 saturated heterocycles. The zero-order valence-electron chi connectivity index (χ0n) is 42.9. The van der Waals surface area contributed by atoms with Gasteiger partial charge in [0.05, 0.1) is 25.9 Å². The number of nitriles is 3. The van der Waals surface area contributed by atoms with Gasteiger partial charge in [-0.25, -0.2) is 9.59 Å². The smallest absolute Gasteiger partial charge is 0.349 e. The molecule has 0 saturated carbocycles. The number of nitrogens with zero attached hydrogens (tertiary/aromatic N) is 3. The van der Waals surface area contributed by atoms with E-state index in [-0.39, 0.29) is 29.1 Å². The molecule has 4 aromatic rings. The second-order valence-electron chi connectivity index (χ2n) is 18.3. The van der Waals surface area contributed by atoms with E-state index in [0.29, 0.717) is 48.0 Å². The lowest BCUT2D eigenvalue weighted by atomic mass is 9.97. The summed E-state index contributed by atoms with van der Waals surface area (Å²) in [6.45, 7) is 13.8. The molecule has 11 heteroatoms. The van der Waals surface area contributed by atoms with E-state index >= 15 is 0 Å². The van der Waals surface area contributed by atoms with Crippen LogP contribution in [0.25, 0.3) is 57.0 Å². The summed E-state index contributed by atoms with van der Waals surface area (Å²) in [5.41, 5.74) is 1.95. The molecule has 0 N–H and O–H groups in total. The Labute approximate surface area is 424 Å². The number of benzene rings is 4. The Morgan fingerprint density at radius 1 is 0.500 bits per heavy atom. The average molecular weight is 972 g/mol. The van der Waals surface area contributed by atoms with Crippen molar-refractivity contribution in [2.24, 2.45) is 17.8 Å².